The van der Waals surface area contributed by atoms with Gasteiger partial charge >= 0.3 is 0 Å². The molecule has 3 saturated carbocycles. The summed E-state index contributed by atoms with van der Waals surface area (Å²) < 4.78 is 18.5. The first-order valence-electron chi connectivity index (χ1n) is 9.75. The van der Waals surface area contributed by atoms with E-state index in [1.165, 1.54) is 0 Å². The molecule has 2 aliphatic heterocycles. The standard InChI is InChI=1S/C20H26O4/c1-17-6-5-15-13(14(17)2-3-16(17)21)4-7-18-12-19(22-10-11-23-19)8-9-20(15,18)24-18/h5,13-14H,2-4,6-12H2,1H3/t13-,14-,17-,18?,20?/m0/s1. The molecule has 6 rings (SSSR count). The summed E-state index contributed by atoms with van der Waals surface area (Å²) in [6.07, 6.45) is 10.3. The maximum Gasteiger partial charge on any atom is 0.171 e. The van der Waals surface area contributed by atoms with Crippen LogP contribution in [-0.2, 0) is 19.0 Å². The van der Waals surface area contributed by atoms with Gasteiger partial charge in [0.1, 0.15) is 17.0 Å². The van der Waals surface area contributed by atoms with Crippen molar-refractivity contribution in [3.63, 3.8) is 0 Å². The number of Topliss-reactive ketones (excluding diaryl/α,β-unsaturated/α-hetero) is 1. The summed E-state index contributed by atoms with van der Waals surface area (Å²) in [4.78, 5) is 12.5. The Bertz CT molecular complexity index is 663. The summed E-state index contributed by atoms with van der Waals surface area (Å²) in [6.45, 7) is 3.65. The number of rotatable bonds is 0. The maximum absolute atomic E-state index is 12.5. The van der Waals surface area contributed by atoms with E-state index in [1.807, 2.05) is 0 Å². The molecule has 0 N–H and O–H groups in total. The number of fused-ring (bicyclic) bond motifs is 3. The normalized spacial score (nSPS) is 53.9. The van der Waals surface area contributed by atoms with Crippen LogP contribution in [0.15, 0.2) is 11.6 Å². The Hall–Kier alpha value is -0.710. The van der Waals surface area contributed by atoms with Crippen LogP contribution >= 0.6 is 0 Å². The molecule has 4 heteroatoms. The molecule has 0 amide bonds. The third-order valence-corrected chi connectivity index (χ3v) is 8.38. The minimum absolute atomic E-state index is 0.0473. The van der Waals surface area contributed by atoms with Crippen molar-refractivity contribution in [1.29, 1.82) is 0 Å². The Kier molecular flexibility index (Phi) is 2.51. The molecule has 130 valence electrons. The monoisotopic (exact) mass is 330 g/mol. The molecule has 1 spiro atoms. The second-order valence-corrected chi connectivity index (χ2v) is 9.20. The molecule has 0 radical (unpaired) electrons. The van der Waals surface area contributed by atoms with Gasteiger partial charge in [0.2, 0.25) is 0 Å². The average molecular weight is 330 g/mol. The lowest BCUT2D eigenvalue weighted by molar-refractivity contribution is -0.185. The van der Waals surface area contributed by atoms with Crippen LogP contribution in [0.2, 0.25) is 0 Å². The minimum Gasteiger partial charge on any atom is -0.358 e. The number of carbonyl (C=O) groups is 1. The molecule has 0 aromatic carbocycles. The van der Waals surface area contributed by atoms with Crippen molar-refractivity contribution >= 4 is 5.78 Å². The van der Waals surface area contributed by atoms with Gasteiger partial charge in [-0.1, -0.05) is 13.0 Å². The van der Waals surface area contributed by atoms with Gasteiger partial charge in [0, 0.05) is 24.7 Å². The quantitative estimate of drug-likeness (QED) is 0.506. The van der Waals surface area contributed by atoms with Gasteiger partial charge in [-0.3, -0.25) is 4.79 Å². The fourth-order valence-electron chi connectivity index (χ4n) is 7.11. The Morgan fingerprint density at radius 1 is 1.12 bits per heavy atom. The first kappa shape index (κ1) is 14.5. The van der Waals surface area contributed by atoms with Crippen molar-refractivity contribution in [3.8, 4) is 0 Å². The molecular weight excluding hydrogens is 304 g/mol. The molecule has 4 aliphatic carbocycles. The Morgan fingerprint density at radius 3 is 2.79 bits per heavy atom. The number of epoxide rings is 1. The molecule has 2 saturated heterocycles. The average Bonchev–Trinajstić information content (AvgIpc) is 2.88. The van der Waals surface area contributed by atoms with Gasteiger partial charge in [0.15, 0.2) is 5.79 Å². The predicted molar refractivity (Wildman–Crippen MR) is 86.3 cm³/mol. The molecule has 2 heterocycles. The summed E-state index contributed by atoms with van der Waals surface area (Å²) in [6, 6.07) is 0. The molecule has 5 atom stereocenters. The van der Waals surface area contributed by atoms with Crippen LogP contribution in [0.25, 0.3) is 0 Å². The molecule has 2 unspecified atom stereocenters. The Labute approximate surface area is 142 Å². The van der Waals surface area contributed by atoms with Crippen molar-refractivity contribution < 1.29 is 19.0 Å². The fraction of sp³-hybridized carbons (Fsp3) is 0.850. The number of ether oxygens (including phenoxy) is 3. The van der Waals surface area contributed by atoms with E-state index in [2.05, 4.69) is 13.0 Å². The molecule has 0 aromatic rings. The van der Waals surface area contributed by atoms with Gasteiger partial charge in [-0.05, 0) is 49.5 Å². The van der Waals surface area contributed by atoms with Crippen LogP contribution in [0.4, 0.5) is 0 Å². The second-order valence-electron chi connectivity index (χ2n) is 9.20. The number of ketones is 1. The van der Waals surface area contributed by atoms with E-state index in [1.54, 1.807) is 5.57 Å². The lowest BCUT2D eigenvalue weighted by atomic mass is 9.54. The summed E-state index contributed by atoms with van der Waals surface area (Å²) in [5.41, 5.74) is 1.34. The van der Waals surface area contributed by atoms with E-state index in [4.69, 9.17) is 14.2 Å². The Balaban J connectivity index is 1.37. The van der Waals surface area contributed by atoms with Crippen LogP contribution in [0.3, 0.4) is 0 Å². The van der Waals surface area contributed by atoms with Gasteiger partial charge in [-0.25, -0.2) is 0 Å². The molecule has 4 nitrogen and oxygen atoms in total. The highest BCUT2D eigenvalue weighted by Crippen LogP contribution is 2.73. The fourth-order valence-corrected chi connectivity index (χ4v) is 7.11. The van der Waals surface area contributed by atoms with E-state index in [0.29, 0.717) is 17.6 Å². The number of hydrogen-bond acceptors (Lipinski definition) is 4. The zero-order chi connectivity index (χ0) is 16.2. The first-order valence-corrected chi connectivity index (χ1v) is 9.75. The van der Waals surface area contributed by atoms with E-state index >= 15 is 0 Å². The second kappa shape index (κ2) is 4.16. The molecule has 5 fully saturated rings. The van der Waals surface area contributed by atoms with Crippen molar-refractivity contribution in [3.05, 3.63) is 11.6 Å². The topological polar surface area (TPSA) is 48.1 Å². The van der Waals surface area contributed by atoms with E-state index in [9.17, 15) is 4.79 Å². The largest absolute Gasteiger partial charge is 0.358 e. The van der Waals surface area contributed by atoms with Crippen LogP contribution in [0, 0.1) is 17.3 Å². The van der Waals surface area contributed by atoms with E-state index < -0.39 is 0 Å². The highest BCUT2D eigenvalue weighted by Gasteiger charge is 2.79. The van der Waals surface area contributed by atoms with Crippen molar-refractivity contribution in [2.45, 2.75) is 75.3 Å². The number of allylic oxidation sites excluding steroid dienone is 1. The third-order valence-electron chi connectivity index (χ3n) is 8.38. The number of carbonyl (C=O) groups excluding carboxylic acids is 1. The maximum atomic E-state index is 12.5. The summed E-state index contributed by atoms with van der Waals surface area (Å²) >= 11 is 0. The van der Waals surface area contributed by atoms with Crippen molar-refractivity contribution in [1.82, 2.24) is 0 Å². The molecule has 0 aromatic heterocycles. The van der Waals surface area contributed by atoms with Gasteiger partial charge in [0.25, 0.3) is 0 Å². The van der Waals surface area contributed by atoms with Gasteiger partial charge < -0.3 is 14.2 Å². The van der Waals surface area contributed by atoms with Gasteiger partial charge in [-0.15, -0.1) is 0 Å². The van der Waals surface area contributed by atoms with E-state index in [0.717, 1.165) is 64.6 Å². The van der Waals surface area contributed by atoms with Crippen LogP contribution in [0.5, 0.6) is 0 Å². The number of hydrogen-bond donors (Lipinski definition) is 0. The van der Waals surface area contributed by atoms with E-state index in [-0.39, 0.29) is 22.4 Å². The van der Waals surface area contributed by atoms with Gasteiger partial charge in [-0.2, -0.15) is 0 Å². The van der Waals surface area contributed by atoms with Crippen LogP contribution in [0.1, 0.15) is 58.3 Å². The molecular formula is C20H26O4. The molecule has 6 aliphatic rings. The molecule has 24 heavy (non-hydrogen) atoms. The Morgan fingerprint density at radius 2 is 1.96 bits per heavy atom. The summed E-state index contributed by atoms with van der Waals surface area (Å²) in [7, 11) is 0. The van der Waals surface area contributed by atoms with Gasteiger partial charge in [0.05, 0.1) is 13.2 Å². The smallest absolute Gasteiger partial charge is 0.171 e. The third kappa shape index (κ3) is 1.47. The predicted octanol–water partition coefficient (Wildman–Crippen LogP) is 3.15. The van der Waals surface area contributed by atoms with Crippen LogP contribution < -0.4 is 0 Å². The molecule has 0 bridgehead atoms. The zero-order valence-corrected chi connectivity index (χ0v) is 14.4. The lowest BCUT2D eigenvalue weighted by Gasteiger charge is -2.48. The highest BCUT2D eigenvalue weighted by atomic mass is 16.7. The SMILES string of the molecule is C[C@]12CC=C3[C@@H](CCC45CC6(CCC34O5)OCCO6)[C@@H]1CCC2=O. The highest BCUT2D eigenvalue weighted by molar-refractivity contribution is 5.87. The first-order chi connectivity index (χ1) is 11.5. The summed E-state index contributed by atoms with van der Waals surface area (Å²) in [5.74, 6) is 1.21. The van der Waals surface area contributed by atoms with Crippen LogP contribution in [-0.4, -0.2) is 36.0 Å². The lowest BCUT2D eigenvalue weighted by Crippen LogP contribution is -2.51. The zero-order valence-electron chi connectivity index (χ0n) is 14.4. The van der Waals surface area contributed by atoms with Crippen molar-refractivity contribution in [2.24, 2.45) is 17.3 Å². The van der Waals surface area contributed by atoms with Crippen molar-refractivity contribution in [2.75, 3.05) is 13.2 Å². The minimum atomic E-state index is -0.375. The summed E-state index contributed by atoms with van der Waals surface area (Å²) in [5, 5.41) is 0.